The highest BCUT2D eigenvalue weighted by Crippen LogP contribution is 2.42. The Bertz CT molecular complexity index is 718. The summed E-state index contributed by atoms with van der Waals surface area (Å²) < 4.78 is 27.1. The molecule has 0 saturated carbocycles. The predicted molar refractivity (Wildman–Crippen MR) is 80.3 cm³/mol. The van der Waals surface area contributed by atoms with Crippen LogP contribution in [-0.4, -0.2) is 31.1 Å². The highest BCUT2D eigenvalue weighted by atomic mass is 32.2. The van der Waals surface area contributed by atoms with Crippen LogP contribution in [0.4, 0.5) is 0 Å². The maximum absolute atomic E-state index is 12.8. The first-order valence-electron chi connectivity index (χ1n) is 7.15. The molecular weight excluding hydrogens is 286 g/mol. The van der Waals surface area contributed by atoms with E-state index in [1.165, 1.54) is 4.31 Å². The summed E-state index contributed by atoms with van der Waals surface area (Å²) in [6.07, 6.45) is 1.64. The lowest BCUT2D eigenvalue weighted by molar-refractivity contribution is -0.118. The Kier molecular flexibility index (Phi) is 3.30. The first-order chi connectivity index (χ1) is 9.82. The molecule has 1 heterocycles. The summed E-state index contributed by atoms with van der Waals surface area (Å²) in [7, 11) is -3.51. The van der Waals surface area contributed by atoms with Gasteiger partial charge < -0.3 is 0 Å². The number of nitrogens with zero attached hydrogens (tertiary/aromatic N) is 1. The van der Waals surface area contributed by atoms with Crippen molar-refractivity contribution >= 4 is 15.8 Å². The normalized spacial score (nSPS) is 29.6. The van der Waals surface area contributed by atoms with Gasteiger partial charge in [0.2, 0.25) is 10.0 Å². The molecular formula is C16H19NO3S. The number of carbonyl (C=O) groups is 1. The van der Waals surface area contributed by atoms with Gasteiger partial charge in [-0.25, -0.2) is 8.42 Å². The van der Waals surface area contributed by atoms with Gasteiger partial charge in [0, 0.05) is 24.4 Å². The Morgan fingerprint density at radius 3 is 2.33 bits per heavy atom. The average molecular weight is 305 g/mol. The molecule has 1 aliphatic heterocycles. The topological polar surface area (TPSA) is 54.5 Å². The summed E-state index contributed by atoms with van der Waals surface area (Å²) >= 11 is 0. The fourth-order valence-corrected chi connectivity index (χ4v) is 5.08. The lowest BCUT2D eigenvalue weighted by atomic mass is 9.89. The summed E-state index contributed by atoms with van der Waals surface area (Å²) in [6, 6.07) is 6.73. The molecule has 3 atom stereocenters. The number of hydrogen-bond acceptors (Lipinski definition) is 3. The molecule has 0 unspecified atom stereocenters. The third kappa shape index (κ3) is 2.15. The molecule has 5 heteroatoms. The molecule has 1 aromatic carbocycles. The van der Waals surface area contributed by atoms with Gasteiger partial charge in [-0.3, -0.25) is 4.79 Å². The summed E-state index contributed by atoms with van der Waals surface area (Å²) in [5, 5.41) is 0. The largest absolute Gasteiger partial charge is 0.295 e. The van der Waals surface area contributed by atoms with Crippen molar-refractivity contribution in [3.63, 3.8) is 0 Å². The van der Waals surface area contributed by atoms with Crippen molar-refractivity contribution in [2.45, 2.75) is 31.7 Å². The second kappa shape index (κ2) is 4.78. The quantitative estimate of drug-likeness (QED) is 0.841. The number of fused-ring (bicyclic) bond motifs is 1. The van der Waals surface area contributed by atoms with Crippen molar-refractivity contribution in [1.29, 1.82) is 0 Å². The monoisotopic (exact) mass is 305 g/mol. The number of allylic oxidation sites excluding steroid dienone is 1. The van der Waals surface area contributed by atoms with Crippen LogP contribution in [0, 0.1) is 18.8 Å². The molecule has 4 nitrogen and oxygen atoms in total. The van der Waals surface area contributed by atoms with E-state index in [4.69, 9.17) is 0 Å². The molecule has 112 valence electrons. The molecule has 1 aromatic rings. The van der Waals surface area contributed by atoms with Crippen molar-refractivity contribution in [2.24, 2.45) is 11.8 Å². The second-order valence-electron chi connectivity index (χ2n) is 6.04. The van der Waals surface area contributed by atoms with Crippen molar-refractivity contribution in [3.8, 4) is 0 Å². The fraction of sp³-hybridized carbons (Fsp3) is 0.438. The van der Waals surface area contributed by atoms with Gasteiger partial charge >= 0.3 is 0 Å². The number of sulfonamides is 1. The highest BCUT2D eigenvalue weighted by molar-refractivity contribution is 7.89. The number of hydrogen-bond donors (Lipinski definition) is 0. The molecule has 3 rings (SSSR count). The molecule has 1 saturated heterocycles. The molecule has 2 aliphatic rings. The molecule has 0 radical (unpaired) electrons. The zero-order chi connectivity index (χ0) is 15.4. The Morgan fingerprint density at radius 1 is 1.14 bits per heavy atom. The van der Waals surface area contributed by atoms with Crippen LogP contribution in [0.2, 0.25) is 0 Å². The lowest BCUT2D eigenvalue weighted by Crippen LogP contribution is -2.37. The highest BCUT2D eigenvalue weighted by Gasteiger charge is 2.48. The lowest BCUT2D eigenvalue weighted by Gasteiger charge is -2.25. The van der Waals surface area contributed by atoms with E-state index in [0.29, 0.717) is 11.4 Å². The van der Waals surface area contributed by atoms with E-state index in [2.05, 4.69) is 0 Å². The van der Waals surface area contributed by atoms with Crippen molar-refractivity contribution < 1.29 is 13.2 Å². The van der Waals surface area contributed by atoms with Crippen LogP contribution in [0.3, 0.4) is 0 Å². The number of rotatable bonds is 2. The molecule has 21 heavy (non-hydrogen) atoms. The third-order valence-corrected chi connectivity index (χ3v) is 6.63. The maximum atomic E-state index is 12.8. The van der Waals surface area contributed by atoms with E-state index in [-0.39, 0.29) is 23.7 Å². The Labute approximate surface area is 125 Å². The predicted octanol–water partition coefficient (Wildman–Crippen LogP) is 2.15. The summed E-state index contributed by atoms with van der Waals surface area (Å²) in [5.74, 6) is 0.0279. The van der Waals surface area contributed by atoms with E-state index < -0.39 is 10.0 Å². The van der Waals surface area contributed by atoms with E-state index in [1.807, 2.05) is 20.8 Å². The molecule has 0 N–H and O–H groups in total. The van der Waals surface area contributed by atoms with Gasteiger partial charge in [0.25, 0.3) is 0 Å². The molecule has 1 aliphatic carbocycles. The average Bonchev–Trinajstić information content (AvgIpc) is 2.89. The van der Waals surface area contributed by atoms with Crippen LogP contribution in [0.15, 0.2) is 40.8 Å². The Morgan fingerprint density at radius 2 is 1.76 bits per heavy atom. The zero-order valence-electron chi connectivity index (χ0n) is 12.4. The standard InChI is InChI=1S/C16H19NO3S/c1-10-4-6-14(7-5-10)21(19,20)17-9-13-8-15(18)11(2)16(13)12(17)3/h4-8,11-12,16H,9H2,1-3H3/t11-,12-,16+/m0/s1. The molecule has 0 aromatic heterocycles. The molecule has 1 fully saturated rings. The smallest absolute Gasteiger partial charge is 0.243 e. The number of aryl methyl sites for hydroxylation is 1. The van der Waals surface area contributed by atoms with Gasteiger partial charge in [-0.2, -0.15) is 4.31 Å². The SMILES string of the molecule is Cc1ccc(S(=O)(=O)N2CC3=CC(=O)[C@H](C)[C@@H]3[C@@H]2C)cc1. The van der Waals surface area contributed by atoms with E-state index >= 15 is 0 Å². The van der Waals surface area contributed by atoms with Crippen LogP contribution in [0.25, 0.3) is 0 Å². The minimum atomic E-state index is -3.51. The van der Waals surface area contributed by atoms with Gasteiger partial charge in [-0.05, 0) is 37.6 Å². The fourth-order valence-electron chi connectivity index (χ4n) is 3.44. The second-order valence-corrected chi connectivity index (χ2v) is 7.93. The minimum Gasteiger partial charge on any atom is -0.295 e. The Hall–Kier alpha value is -1.46. The summed E-state index contributed by atoms with van der Waals surface area (Å²) in [6.45, 7) is 6.04. The van der Waals surface area contributed by atoms with Crippen LogP contribution < -0.4 is 0 Å². The Balaban J connectivity index is 1.97. The van der Waals surface area contributed by atoms with E-state index in [1.54, 1.807) is 30.3 Å². The van der Waals surface area contributed by atoms with Crippen molar-refractivity contribution in [1.82, 2.24) is 4.31 Å². The van der Waals surface area contributed by atoms with Gasteiger partial charge in [-0.1, -0.05) is 24.6 Å². The zero-order valence-corrected chi connectivity index (χ0v) is 13.2. The van der Waals surface area contributed by atoms with Crippen molar-refractivity contribution in [2.75, 3.05) is 6.54 Å². The van der Waals surface area contributed by atoms with Gasteiger partial charge in [0.05, 0.1) is 4.90 Å². The van der Waals surface area contributed by atoms with Crippen LogP contribution in [-0.2, 0) is 14.8 Å². The first kappa shape index (κ1) is 14.5. The van der Waals surface area contributed by atoms with E-state index in [9.17, 15) is 13.2 Å². The van der Waals surface area contributed by atoms with E-state index in [0.717, 1.165) is 11.1 Å². The number of ketones is 1. The molecule has 0 amide bonds. The number of carbonyl (C=O) groups excluding carboxylic acids is 1. The van der Waals surface area contributed by atoms with Gasteiger partial charge in [-0.15, -0.1) is 0 Å². The summed E-state index contributed by atoms with van der Waals surface area (Å²) in [5.41, 5.74) is 1.98. The first-order valence-corrected chi connectivity index (χ1v) is 8.59. The minimum absolute atomic E-state index is 0.0257. The van der Waals surface area contributed by atoms with Crippen LogP contribution in [0.5, 0.6) is 0 Å². The summed E-state index contributed by atoms with van der Waals surface area (Å²) in [4.78, 5) is 12.1. The number of benzene rings is 1. The third-order valence-electron chi connectivity index (χ3n) is 4.68. The van der Waals surface area contributed by atoms with Gasteiger partial charge in [0.1, 0.15) is 0 Å². The molecule has 0 spiro atoms. The van der Waals surface area contributed by atoms with Crippen LogP contribution in [0.1, 0.15) is 19.4 Å². The van der Waals surface area contributed by atoms with Crippen LogP contribution >= 0.6 is 0 Å². The van der Waals surface area contributed by atoms with Gasteiger partial charge in [0.15, 0.2) is 5.78 Å². The molecule has 0 bridgehead atoms. The van der Waals surface area contributed by atoms with Crippen molar-refractivity contribution in [3.05, 3.63) is 41.5 Å². The maximum Gasteiger partial charge on any atom is 0.243 e.